The molecule has 0 aliphatic heterocycles. The lowest BCUT2D eigenvalue weighted by molar-refractivity contribution is -0.134. The van der Waals surface area contributed by atoms with Crippen molar-refractivity contribution in [3.05, 3.63) is 0 Å². The summed E-state index contributed by atoms with van der Waals surface area (Å²) in [5.41, 5.74) is 5.11. The molecule has 0 fully saturated rings. The lowest BCUT2D eigenvalue weighted by atomic mass is 10.3. The molecule has 1 unspecified atom stereocenters. The van der Waals surface area contributed by atoms with Crippen LogP contribution in [0.2, 0.25) is 0 Å². The van der Waals surface area contributed by atoms with E-state index in [2.05, 4.69) is 0 Å². The minimum absolute atomic E-state index is 0.0612. The number of rotatable bonds is 5. The van der Waals surface area contributed by atoms with Gasteiger partial charge in [0.15, 0.2) is 9.84 Å². The number of hydrogen-bond acceptors (Lipinski definition) is 3. The van der Waals surface area contributed by atoms with E-state index in [-0.39, 0.29) is 6.54 Å². The molecule has 86 valence electrons. The summed E-state index contributed by atoms with van der Waals surface area (Å²) in [6, 6.07) is 0. The van der Waals surface area contributed by atoms with E-state index < -0.39 is 39.9 Å². The number of nitrogens with two attached hydrogens (primary N) is 1. The first kappa shape index (κ1) is 13.7. The van der Waals surface area contributed by atoms with Crippen LogP contribution in [-0.2, 0) is 9.84 Å². The first-order valence-corrected chi connectivity index (χ1v) is 5.89. The minimum atomic E-state index is -4.29. The topological polar surface area (TPSA) is 60.2 Å². The molecular weight excluding hydrogens is 219 g/mol. The summed E-state index contributed by atoms with van der Waals surface area (Å²) in [7, 11) is -3.46. The van der Waals surface area contributed by atoms with E-state index in [4.69, 9.17) is 5.73 Å². The van der Waals surface area contributed by atoms with Crippen molar-refractivity contribution in [3.8, 4) is 0 Å². The van der Waals surface area contributed by atoms with Crippen LogP contribution in [0.15, 0.2) is 0 Å². The molecule has 0 aliphatic rings. The fraction of sp³-hybridized carbons (Fsp3) is 1.00. The third-order valence-corrected chi connectivity index (χ3v) is 4.11. The summed E-state index contributed by atoms with van der Waals surface area (Å²) < 4.78 is 57.5. The molecule has 3 nitrogen and oxygen atoms in total. The van der Waals surface area contributed by atoms with Crippen molar-refractivity contribution < 1.29 is 21.6 Å². The Hall–Kier alpha value is -0.300. The van der Waals surface area contributed by atoms with Gasteiger partial charge in [-0.3, -0.25) is 0 Å². The van der Waals surface area contributed by atoms with Crippen molar-refractivity contribution in [1.82, 2.24) is 0 Å². The molecule has 2 N–H and O–H groups in total. The van der Waals surface area contributed by atoms with Crippen LogP contribution in [0.25, 0.3) is 0 Å². The van der Waals surface area contributed by atoms with Crippen LogP contribution in [0.3, 0.4) is 0 Å². The molecule has 0 saturated heterocycles. The van der Waals surface area contributed by atoms with Gasteiger partial charge in [0.05, 0.1) is 11.0 Å². The second kappa shape index (κ2) is 4.97. The fourth-order valence-corrected chi connectivity index (χ4v) is 2.06. The van der Waals surface area contributed by atoms with Gasteiger partial charge in [0, 0.05) is 13.0 Å². The van der Waals surface area contributed by atoms with Crippen LogP contribution in [0.5, 0.6) is 0 Å². The van der Waals surface area contributed by atoms with E-state index in [9.17, 15) is 21.6 Å². The van der Waals surface area contributed by atoms with E-state index in [0.717, 1.165) is 0 Å². The molecule has 0 aliphatic carbocycles. The number of hydrogen-bond donors (Lipinski definition) is 1. The molecule has 1 atom stereocenters. The lowest BCUT2D eigenvalue weighted by Crippen LogP contribution is -2.29. The standard InChI is InChI=1S/C7H14F3NO2S/c1-6(5-11)14(12,13)4-2-3-7(8,9)10/h6H,2-5,11H2,1H3. The van der Waals surface area contributed by atoms with Crippen LogP contribution < -0.4 is 5.73 Å². The normalized spacial score (nSPS) is 15.5. The Kier molecular flexibility index (Phi) is 4.87. The second-order valence-corrected chi connectivity index (χ2v) is 5.67. The average Bonchev–Trinajstić information content (AvgIpc) is 2.00. The van der Waals surface area contributed by atoms with Gasteiger partial charge in [-0.15, -0.1) is 0 Å². The first-order chi connectivity index (χ1) is 6.19. The van der Waals surface area contributed by atoms with Gasteiger partial charge in [-0.25, -0.2) is 8.42 Å². The van der Waals surface area contributed by atoms with Crippen molar-refractivity contribution in [2.45, 2.75) is 31.2 Å². The van der Waals surface area contributed by atoms with Gasteiger partial charge in [-0.05, 0) is 13.3 Å². The zero-order chi connectivity index (χ0) is 11.4. The van der Waals surface area contributed by atoms with Crippen molar-refractivity contribution in [3.63, 3.8) is 0 Å². The largest absolute Gasteiger partial charge is 0.389 e. The zero-order valence-corrected chi connectivity index (χ0v) is 8.66. The molecule has 0 radical (unpaired) electrons. The van der Waals surface area contributed by atoms with E-state index in [1.54, 1.807) is 0 Å². The zero-order valence-electron chi connectivity index (χ0n) is 7.84. The van der Waals surface area contributed by atoms with Crippen LogP contribution >= 0.6 is 0 Å². The van der Waals surface area contributed by atoms with Crippen molar-refractivity contribution in [2.24, 2.45) is 5.73 Å². The predicted molar refractivity (Wildman–Crippen MR) is 47.6 cm³/mol. The Labute approximate surface area is 81.4 Å². The van der Waals surface area contributed by atoms with Gasteiger partial charge in [-0.2, -0.15) is 13.2 Å². The van der Waals surface area contributed by atoms with Crippen LogP contribution in [0, 0.1) is 0 Å². The number of halogens is 3. The molecule has 0 aromatic heterocycles. The number of alkyl halides is 3. The monoisotopic (exact) mass is 233 g/mol. The summed E-state index contributed by atoms with van der Waals surface area (Å²) in [4.78, 5) is 0. The summed E-state index contributed by atoms with van der Waals surface area (Å²) in [5, 5.41) is -0.768. The summed E-state index contributed by atoms with van der Waals surface area (Å²) in [5.74, 6) is -0.453. The highest BCUT2D eigenvalue weighted by atomic mass is 32.2. The summed E-state index contributed by atoms with van der Waals surface area (Å²) in [6.45, 7) is 1.33. The molecule has 0 rings (SSSR count). The molecule has 0 spiro atoms. The molecule has 0 amide bonds. The fourth-order valence-electron chi connectivity index (χ4n) is 0.822. The highest BCUT2D eigenvalue weighted by molar-refractivity contribution is 7.92. The van der Waals surface area contributed by atoms with Crippen molar-refractivity contribution >= 4 is 9.84 Å². The molecule has 0 saturated carbocycles. The van der Waals surface area contributed by atoms with E-state index in [0.29, 0.717) is 0 Å². The van der Waals surface area contributed by atoms with E-state index in [1.165, 1.54) is 6.92 Å². The van der Waals surface area contributed by atoms with Crippen LogP contribution in [0.4, 0.5) is 13.2 Å². The maximum Gasteiger partial charge on any atom is 0.389 e. The first-order valence-electron chi connectivity index (χ1n) is 4.17. The third kappa shape index (κ3) is 5.43. The molecule has 0 aromatic carbocycles. The maximum atomic E-state index is 11.7. The van der Waals surface area contributed by atoms with Crippen molar-refractivity contribution in [2.75, 3.05) is 12.3 Å². The summed E-state index contributed by atoms with van der Waals surface area (Å²) in [6.07, 6.45) is -5.75. The Bertz CT molecular complexity index is 261. The molecule has 7 heteroatoms. The average molecular weight is 233 g/mol. The molecular formula is C7H14F3NO2S. The molecule has 14 heavy (non-hydrogen) atoms. The lowest BCUT2D eigenvalue weighted by Gasteiger charge is -2.10. The Balaban J connectivity index is 4.02. The quantitative estimate of drug-likeness (QED) is 0.773. The van der Waals surface area contributed by atoms with Gasteiger partial charge >= 0.3 is 6.18 Å². The minimum Gasteiger partial charge on any atom is -0.329 e. The Morgan fingerprint density at radius 1 is 1.36 bits per heavy atom. The smallest absolute Gasteiger partial charge is 0.329 e. The Morgan fingerprint density at radius 2 is 1.86 bits per heavy atom. The second-order valence-electron chi connectivity index (χ2n) is 3.13. The van der Waals surface area contributed by atoms with Crippen LogP contribution in [-0.4, -0.2) is 32.1 Å². The molecule has 0 aromatic rings. The van der Waals surface area contributed by atoms with Gasteiger partial charge in [0.2, 0.25) is 0 Å². The van der Waals surface area contributed by atoms with Gasteiger partial charge in [0.25, 0.3) is 0 Å². The van der Waals surface area contributed by atoms with Gasteiger partial charge in [-0.1, -0.05) is 0 Å². The third-order valence-electron chi connectivity index (χ3n) is 1.83. The van der Waals surface area contributed by atoms with Gasteiger partial charge in [0.1, 0.15) is 0 Å². The van der Waals surface area contributed by atoms with Crippen LogP contribution in [0.1, 0.15) is 19.8 Å². The number of sulfone groups is 1. The highest BCUT2D eigenvalue weighted by Gasteiger charge is 2.28. The molecule has 0 bridgehead atoms. The molecule has 0 heterocycles. The highest BCUT2D eigenvalue weighted by Crippen LogP contribution is 2.21. The SMILES string of the molecule is CC(CN)S(=O)(=O)CCCC(F)(F)F. The van der Waals surface area contributed by atoms with Crippen molar-refractivity contribution in [1.29, 1.82) is 0 Å². The van der Waals surface area contributed by atoms with E-state index >= 15 is 0 Å². The van der Waals surface area contributed by atoms with E-state index in [1.807, 2.05) is 0 Å². The summed E-state index contributed by atoms with van der Waals surface area (Å²) >= 11 is 0. The maximum absolute atomic E-state index is 11.7. The van der Waals surface area contributed by atoms with Gasteiger partial charge < -0.3 is 5.73 Å². The predicted octanol–water partition coefficient (Wildman–Crippen LogP) is 1.09. The Morgan fingerprint density at radius 3 is 2.21 bits per heavy atom.